The molecule has 0 amide bonds. The Kier molecular flexibility index (Phi) is 1.47. The van der Waals surface area contributed by atoms with Crippen LogP contribution in [0.3, 0.4) is 0 Å². The normalized spacial score (nSPS) is 59.5. The monoisotopic (exact) mass is 316 g/mol. The SMILES string of the molecule is O=C1OC2CC34CC=CCC3(CC2I)C14. The van der Waals surface area contributed by atoms with Gasteiger partial charge in [0, 0.05) is 3.92 Å². The Labute approximate surface area is 103 Å². The number of hydrogen-bond acceptors (Lipinski definition) is 2. The van der Waals surface area contributed by atoms with E-state index in [1.807, 2.05) is 0 Å². The summed E-state index contributed by atoms with van der Waals surface area (Å²) in [5, 5.41) is 0. The van der Waals surface area contributed by atoms with Gasteiger partial charge in [-0.25, -0.2) is 0 Å². The number of rotatable bonds is 0. The third-order valence-corrected chi connectivity index (χ3v) is 6.42. The number of hydrogen-bond donors (Lipinski definition) is 0. The van der Waals surface area contributed by atoms with Crippen molar-refractivity contribution in [2.24, 2.45) is 16.7 Å². The lowest BCUT2D eigenvalue weighted by Crippen LogP contribution is -2.40. The van der Waals surface area contributed by atoms with Crippen LogP contribution in [0.4, 0.5) is 0 Å². The first-order chi connectivity index (χ1) is 7.20. The van der Waals surface area contributed by atoms with Gasteiger partial charge >= 0.3 is 5.97 Å². The first-order valence-corrected chi connectivity index (χ1v) is 6.94. The lowest BCUT2D eigenvalue weighted by molar-refractivity contribution is -0.157. The number of carbonyl (C=O) groups is 1. The lowest BCUT2D eigenvalue weighted by atomic mass is 9.72. The van der Waals surface area contributed by atoms with E-state index in [0.717, 1.165) is 19.3 Å². The minimum Gasteiger partial charge on any atom is -0.461 e. The van der Waals surface area contributed by atoms with Crippen molar-refractivity contribution in [2.75, 3.05) is 0 Å². The van der Waals surface area contributed by atoms with Gasteiger partial charge in [-0.1, -0.05) is 34.7 Å². The molecule has 2 bridgehead atoms. The summed E-state index contributed by atoms with van der Waals surface area (Å²) in [6.07, 6.45) is 9.31. The first kappa shape index (κ1) is 9.02. The number of ether oxygens (including phenoxy) is 1. The average Bonchev–Trinajstić information content (AvgIpc) is 2.83. The molecular formula is C12H13IO2. The largest absolute Gasteiger partial charge is 0.461 e. The molecule has 4 rings (SSSR count). The zero-order valence-electron chi connectivity index (χ0n) is 8.41. The Bertz CT molecular complexity index is 391. The van der Waals surface area contributed by atoms with Gasteiger partial charge < -0.3 is 4.74 Å². The molecule has 2 nitrogen and oxygen atoms in total. The molecule has 0 aromatic carbocycles. The Morgan fingerprint density at radius 2 is 1.93 bits per heavy atom. The standard InChI is InChI=1S/C12H13IO2/c13-7-5-11-3-1-2-4-12(11)6-8(7)15-10(14)9(11)12/h1-2,7-9H,3-6H2. The summed E-state index contributed by atoms with van der Waals surface area (Å²) in [5.41, 5.74) is 0.626. The quantitative estimate of drug-likeness (QED) is 0.297. The maximum absolute atomic E-state index is 11.9. The Morgan fingerprint density at radius 3 is 2.67 bits per heavy atom. The zero-order chi connectivity index (χ0) is 10.3. The molecule has 1 aliphatic heterocycles. The van der Waals surface area contributed by atoms with Crippen LogP contribution in [0.25, 0.3) is 0 Å². The van der Waals surface area contributed by atoms with E-state index in [2.05, 4.69) is 34.7 Å². The minimum atomic E-state index is 0.106. The van der Waals surface area contributed by atoms with Gasteiger partial charge in [-0.05, 0) is 36.5 Å². The van der Waals surface area contributed by atoms with Crippen LogP contribution in [-0.2, 0) is 9.53 Å². The highest BCUT2D eigenvalue weighted by atomic mass is 127. The molecule has 0 radical (unpaired) electrons. The molecule has 0 N–H and O–H groups in total. The fourth-order valence-corrected chi connectivity index (χ4v) is 5.71. The van der Waals surface area contributed by atoms with E-state index in [1.165, 1.54) is 6.42 Å². The second kappa shape index (κ2) is 2.44. The zero-order valence-corrected chi connectivity index (χ0v) is 10.6. The summed E-state index contributed by atoms with van der Waals surface area (Å²) in [5.74, 6) is 0.338. The van der Waals surface area contributed by atoms with E-state index < -0.39 is 0 Å². The fourth-order valence-electron chi connectivity index (χ4n) is 4.53. The molecule has 1 spiro atoms. The maximum Gasteiger partial charge on any atom is 0.310 e. The second-order valence-electron chi connectivity index (χ2n) is 5.52. The Balaban J connectivity index is 1.87. The molecular weight excluding hydrogens is 303 g/mol. The third kappa shape index (κ3) is 0.797. The van der Waals surface area contributed by atoms with Gasteiger partial charge in [-0.2, -0.15) is 0 Å². The van der Waals surface area contributed by atoms with Crippen LogP contribution in [0.1, 0.15) is 25.7 Å². The highest BCUT2D eigenvalue weighted by Gasteiger charge is 2.83. The molecule has 1 saturated heterocycles. The van der Waals surface area contributed by atoms with Crippen molar-refractivity contribution in [3.05, 3.63) is 12.2 Å². The van der Waals surface area contributed by atoms with Gasteiger partial charge in [-0.15, -0.1) is 0 Å². The molecule has 5 atom stereocenters. The third-order valence-electron chi connectivity index (χ3n) is 5.18. The van der Waals surface area contributed by atoms with E-state index in [4.69, 9.17) is 4.74 Å². The van der Waals surface area contributed by atoms with Gasteiger partial charge in [0.05, 0.1) is 5.92 Å². The van der Waals surface area contributed by atoms with Crippen LogP contribution in [0.5, 0.6) is 0 Å². The molecule has 3 fully saturated rings. The summed E-state index contributed by atoms with van der Waals surface area (Å²) in [6, 6.07) is 0. The summed E-state index contributed by atoms with van der Waals surface area (Å²) in [6.45, 7) is 0. The summed E-state index contributed by atoms with van der Waals surface area (Å²) >= 11 is 2.48. The molecule has 0 aromatic rings. The van der Waals surface area contributed by atoms with Crippen LogP contribution in [0.15, 0.2) is 12.2 Å². The number of fused-ring (bicyclic) bond motifs is 1. The van der Waals surface area contributed by atoms with E-state index >= 15 is 0 Å². The molecule has 5 unspecified atom stereocenters. The van der Waals surface area contributed by atoms with E-state index in [-0.39, 0.29) is 18.0 Å². The van der Waals surface area contributed by atoms with Crippen LogP contribution in [-0.4, -0.2) is 16.0 Å². The van der Waals surface area contributed by atoms with E-state index in [0.29, 0.717) is 14.8 Å². The first-order valence-electron chi connectivity index (χ1n) is 5.69. The number of halogens is 1. The highest BCUT2D eigenvalue weighted by molar-refractivity contribution is 14.1. The van der Waals surface area contributed by atoms with Crippen molar-refractivity contribution < 1.29 is 9.53 Å². The maximum atomic E-state index is 11.9. The molecule has 3 heteroatoms. The number of esters is 1. The molecule has 80 valence electrons. The predicted octanol–water partition coefficient (Wildman–Crippen LogP) is 2.46. The molecule has 1 heterocycles. The van der Waals surface area contributed by atoms with Crippen LogP contribution < -0.4 is 0 Å². The van der Waals surface area contributed by atoms with Crippen molar-refractivity contribution in [1.82, 2.24) is 0 Å². The van der Waals surface area contributed by atoms with Gasteiger partial charge in [0.15, 0.2) is 0 Å². The van der Waals surface area contributed by atoms with Crippen molar-refractivity contribution >= 4 is 28.6 Å². The Morgan fingerprint density at radius 1 is 1.27 bits per heavy atom. The molecule has 3 aliphatic carbocycles. The molecule has 4 aliphatic rings. The molecule has 15 heavy (non-hydrogen) atoms. The van der Waals surface area contributed by atoms with Crippen molar-refractivity contribution in [1.29, 1.82) is 0 Å². The lowest BCUT2D eigenvalue weighted by Gasteiger charge is -2.39. The number of carbonyl (C=O) groups excluding carboxylic acids is 1. The fraction of sp³-hybridized carbons (Fsp3) is 0.750. The smallest absolute Gasteiger partial charge is 0.310 e. The van der Waals surface area contributed by atoms with Gasteiger partial charge in [0.2, 0.25) is 0 Å². The van der Waals surface area contributed by atoms with Crippen molar-refractivity contribution in [3.63, 3.8) is 0 Å². The average molecular weight is 316 g/mol. The summed E-state index contributed by atoms with van der Waals surface area (Å²) in [7, 11) is 0. The number of alkyl halides is 1. The van der Waals surface area contributed by atoms with E-state index in [1.54, 1.807) is 0 Å². The highest BCUT2D eigenvalue weighted by Crippen LogP contribution is 2.82. The topological polar surface area (TPSA) is 26.3 Å². The Hall–Kier alpha value is -0.0600. The minimum absolute atomic E-state index is 0.106. The molecule has 0 aromatic heterocycles. The van der Waals surface area contributed by atoms with Gasteiger partial charge in [-0.3, -0.25) is 4.79 Å². The van der Waals surface area contributed by atoms with Crippen LogP contribution >= 0.6 is 22.6 Å². The summed E-state index contributed by atoms with van der Waals surface area (Å²) in [4.78, 5) is 11.9. The van der Waals surface area contributed by atoms with E-state index in [9.17, 15) is 4.79 Å². The second-order valence-corrected chi connectivity index (χ2v) is 7.12. The predicted molar refractivity (Wildman–Crippen MR) is 63.7 cm³/mol. The van der Waals surface area contributed by atoms with Gasteiger partial charge in [0.25, 0.3) is 0 Å². The van der Waals surface area contributed by atoms with Gasteiger partial charge in [0.1, 0.15) is 6.10 Å². The number of allylic oxidation sites excluding steroid dienone is 2. The van der Waals surface area contributed by atoms with Crippen molar-refractivity contribution in [3.8, 4) is 0 Å². The molecule has 2 saturated carbocycles. The summed E-state index contributed by atoms with van der Waals surface area (Å²) < 4.78 is 6.09. The van der Waals surface area contributed by atoms with Crippen LogP contribution in [0.2, 0.25) is 0 Å². The van der Waals surface area contributed by atoms with Crippen molar-refractivity contribution in [2.45, 2.75) is 35.7 Å². The van der Waals surface area contributed by atoms with Crippen LogP contribution in [0, 0.1) is 16.7 Å².